The maximum atomic E-state index is 11.0. The lowest BCUT2D eigenvalue weighted by Crippen LogP contribution is -2.24. The topological polar surface area (TPSA) is 53.4 Å². The molecule has 2 rings (SSSR count). The van der Waals surface area contributed by atoms with Gasteiger partial charge in [-0.15, -0.1) is 0 Å². The third-order valence-corrected chi connectivity index (χ3v) is 3.47. The van der Waals surface area contributed by atoms with E-state index >= 15 is 0 Å². The number of carboxylic acid groups (broad SMARTS) is 1. The van der Waals surface area contributed by atoms with E-state index in [4.69, 9.17) is 5.11 Å². The van der Waals surface area contributed by atoms with Gasteiger partial charge in [0.15, 0.2) is 4.88 Å². The average molecular weight is 226 g/mol. The third kappa shape index (κ3) is 2.28. The predicted octanol–water partition coefficient (Wildman–Crippen LogP) is 2.22. The molecule has 1 saturated heterocycles. The number of carbonyl (C=O) groups is 1. The lowest BCUT2D eigenvalue weighted by atomic mass is 10.2. The highest BCUT2D eigenvalue weighted by Gasteiger charge is 2.19. The highest BCUT2D eigenvalue weighted by Crippen LogP contribution is 2.26. The molecule has 0 spiro atoms. The van der Waals surface area contributed by atoms with Crippen LogP contribution in [0, 0.1) is 0 Å². The molecule has 0 unspecified atom stereocenters. The number of hydrogen-bond acceptors (Lipinski definition) is 4. The molecule has 1 aliphatic rings. The van der Waals surface area contributed by atoms with Crippen LogP contribution in [0.4, 0.5) is 5.69 Å². The Hall–Kier alpha value is -1.10. The minimum atomic E-state index is -0.864. The summed E-state index contributed by atoms with van der Waals surface area (Å²) in [5.41, 5.74) is 0.800. The SMILES string of the molecule is O=C(O)c1sncc1N1CCCCCC1. The van der Waals surface area contributed by atoms with Gasteiger partial charge < -0.3 is 10.0 Å². The summed E-state index contributed by atoms with van der Waals surface area (Å²) in [4.78, 5) is 13.5. The first-order valence-corrected chi connectivity index (χ1v) is 5.99. The fraction of sp³-hybridized carbons (Fsp3) is 0.600. The van der Waals surface area contributed by atoms with E-state index < -0.39 is 5.97 Å². The van der Waals surface area contributed by atoms with Gasteiger partial charge in [0.2, 0.25) is 0 Å². The number of aromatic carboxylic acids is 1. The molecule has 0 amide bonds. The molecule has 0 radical (unpaired) electrons. The highest BCUT2D eigenvalue weighted by atomic mass is 32.1. The molecule has 1 aliphatic heterocycles. The van der Waals surface area contributed by atoms with E-state index in [0.29, 0.717) is 4.88 Å². The lowest BCUT2D eigenvalue weighted by molar-refractivity contribution is 0.0702. The van der Waals surface area contributed by atoms with Crippen molar-refractivity contribution in [1.29, 1.82) is 0 Å². The van der Waals surface area contributed by atoms with Gasteiger partial charge in [-0.1, -0.05) is 12.8 Å². The van der Waals surface area contributed by atoms with Gasteiger partial charge >= 0.3 is 5.97 Å². The summed E-state index contributed by atoms with van der Waals surface area (Å²) in [5, 5.41) is 9.00. The van der Waals surface area contributed by atoms with Crippen LogP contribution >= 0.6 is 11.5 Å². The first-order valence-electron chi connectivity index (χ1n) is 5.22. The van der Waals surface area contributed by atoms with Gasteiger partial charge in [-0.25, -0.2) is 4.79 Å². The molecule has 1 aromatic heterocycles. The molecule has 15 heavy (non-hydrogen) atoms. The quantitative estimate of drug-likeness (QED) is 0.840. The fourth-order valence-corrected chi connectivity index (χ4v) is 2.53. The smallest absolute Gasteiger partial charge is 0.349 e. The van der Waals surface area contributed by atoms with E-state index in [2.05, 4.69) is 9.27 Å². The summed E-state index contributed by atoms with van der Waals surface area (Å²) in [6.45, 7) is 1.91. The van der Waals surface area contributed by atoms with Gasteiger partial charge in [-0.3, -0.25) is 0 Å². The predicted molar refractivity (Wildman–Crippen MR) is 59.8 cm³/mol. The summed E-state index contributed by atoms with van der Waals surface area (Å²) in [6.07, 6.45) is 6.47. The number of rotatable bonds is 2. The minimum absolute atomic E-state index is 0.372. The summed E-state index contributed by atoms with van der Waals surface area (Å²) in [6, 6.07) is 0. The standard InChI is InChI=1S/C10H14N2O2S/c13-10(14)9-8(7-11-15-9)12-5-3-1-2-4-6-12/h7H,1-6H2,(H,13,14). The van der Waals surface area contributed by atoms with Gasteiger partial charge in [-0.05, 0) is 24.4 Å². The van der Waals surface area contributed by atoms with Crippen LogP contribution in [0.3, 0.4) is 0 Å². The minimum Gasteiger partial charge on any atom is -0.477 e. The molecule has 1 aromatic rings. The molecule has 0 aromatic carbocycles. The largest absolute Gasteiger partial charge is 0.477 e. The first kappa shape index (κ1) is 10.4. The van der Waals surface area contributed by atoms with Gasteiger partial charge in [0.1, 0.15) is 0 Å². The Bertz CT molecular complexity index is 343. The Labute approximate surface area is 92.7 Å². The molecule has 4 nitrogen and oxygen atoms in total. The maximum absolute atomic E-state index is 11.0. The fourth-order valence-electron chi connectivity index (χ4n) is 1.92. The van der Waals surface area contributed by atoms with E-state index in [1.165, 1.54) is 12.8 Å². The maximum Gasteiger partial charge on any atom is 0.349 e. The summed E-state index contributed by atoms with van der Waals surface area (Å²) < 4.78 is 3.97. The Morgan fingerprint density at radius 3 is 2.60 bits per heavy atom. The number of carboxylic acids is 1. The van der Waals surface area contributed by atoms with Crippen LogP contribution < -0.4 is 4.90 Å². The van der Waals surface area contributed by atoms with Gasteiger partial charge in [0.25, 0.3) is 0 Å². The highest BCUT2D eigenvalue weighted by molar-refractivity contribution is 7.08. The van der Waals surface area contributed by atoms with E-state index in [9.17, 15) is 4.79 Å². The number of aromatic nitrogens is 1. The van der Waals surface area contributed by atoms with Crippen LogP contribution in [0.25, 0.3) is 0 Å². The van der Waals surface area contributed by atoms with Crippen LogP contribution in [0.1, 0.15) is 35.4 Å². The van der Waals surface area contributed by atoms with Crippen LogP contribution in [-0.2, 0) is 0 Å². The molecule has 0 bridgehead atoms. The first-order chi connectivity index (χ1) is 7.29. The number of anilines is 1. The molecule has 1 fully saturated rings. The number of nitrogens with zero attached hydrogens (tertiary/aromatic N) is 2. The monoisotopic (exact) mass is 226 g/mol. The molecule has 2 heterocycles. The summed E-state index contributed by atoms with van der Waals surface area (Å²) in [7, 11) is 0. The summed E-state index contributed by atoms with van der Waals surface area (Å²) >= 11 is 1.07. The van der Waals surface area contributed by atoms with Crippen molar-refractivity contribution < 1.29 is 9.90 Å². The van der Waals surface area contributed by atoms with Crippen molar-refractivity contribution in [3.05, 3.63) is 11.1 Å². The second-order valence-electron chi connectivity index (χ2n) is 3.75. The molecule has 5 heteroatoms. The molecular formula is C10H14N2O2S. The van der Waals surface area contributed by atoms with Crippen molar-refractivity contribution in [2.75, 3.05) is 18.0 Å². The van der Waals surface area contributed by atoms with E-state index in [1.807, 2.05) is 0 Å². The second kappa shape index (κ2) is 4.61. The van der Waals surface area contributed by atoms with Crippen LogP contribution in [0.2, 0.25) is 0 Å². The van der Waals surface area contributed by atoms with Crippen LogP contribution in [0.15, 0.2) is 6.20 Å². The van der Waals surface area contributed by atoms with Gasteiger partial charge in [-0.2, -0.15) is 4.37 Å². The molecule has 0 atom stereocenters. The Balaban J connectivity index is 2.19. The molecular weight excluding hydrogens is 212 g/mol. The lowest BCUT2D eigenvalue weighted by Gasteiger charge is -2.21. The van der Waals surface area contributed by atoms with Gasteiger partial charge in [0.05, 0.1) is 11.9 Å². The van der Waals surface area contributed by atoms with Crippen molar-refractivity contribution in [2.45, 2.75) is 25.7 Å². The Morgan fingerprint density at radius 2 is 2.00 bits per heavy atom. The van der Waals surface area contributed by atoms with Crippen molar-refractivity contribution in [2.24, 2.45) is 0 Å². The second-order valence-corrected chi connectivity index (χ2v) is 4.55. The molecule has 0 saturated carbocycles. The van der Waals surface area contributed by atoms with Gasteiger partial charge in [0, 0.05) is 13.1 Å². The van der Waals surface area contributed by atoms with Crippen molar-refractivity contribution in [1.82, 2.24) is 4.37 Å². The Morgan fingerprint density at radius 1 is 1.33 bits per heavy atom. The summed E-state index contributed by atoms with van der Waals surface area (Å²) in [5.74, 6) is -0.864. The molecule has 82 valence electrons. The van der Waals surface area contributed by atoms with Crippen molar-refractivity contribution in [3.8, 4) is 0 Å². The third-order valence-electron chi connectivity index (χ3n) is 2.69. The van der Waals surface area contributed by atoms with Crippen LogP contribution in [0.5, 0.6) is 0 Å². The van der Waals surface area contributed by atoms with Crippen molar-refractivity contribution >= 4 is 23.2 Å². The zero-order valence-electron chi connectivity index (χ0n) is 8.48. The van der Waals surface area contributed by atoms with E-state index in [-0.39, 0.29) is 0 Å². The zero-order valence-corrected chi connectivity index (χ0v) is 9.29. The normalized spacial score (nSPS) is 17.5. The van der Waals surface area contributed by atoms with Crippen molar-refractivity contribution in [3.63, 3.8) is 0 Å². The van der Waals surface area contributed by atoms with E-state index in [1.54, 1.807) is 6.20 Å². The molecule has 1 N–H and O–H groups in total. The Kier molecular flexibility index (Phi) is 3.20. The number of hydrogen-bond donors (Lipinski definition) is 1. The average Bonchev–Trinajstić information content (AvgIpc) is 2.55. The zero-order chi connectivity index (χ0) is 10.7. The van der Waals surface area contributed by atoms with Crippen LogP contribution in [-0.4, -0.2) is 28.5 Å². The van der Waals surface area contributed by atoms with E-state index in [0.717, 1.165) is 43.2 Å². The molecule has 0 aliphatic carbocycles.